The van der Waals surface area contributed by atoms with Gasteiger partial charge in [0.15, 0.2) is 0 Å². The molecule has 0 bridgehead atoms. The highest BCUT2D eigenvalue weighted by atomic mass is 35.5. The number of rotatable bonds is 4. The van der Waals surface area contributed by atoms with Crippen LogP contribution in [0, 0.1) is 6.92 Å². The van der Waals surface area contributed by atoms with E-state index >= 15 is 0 Å². The Morgan fingerprint density at radius 2 is 2.00 bits per heavy atom. The highest BCUT2D eigenvalue weighted by Gasteiger charge is 2.14. The van der Waals surface area contributed by atoms with E-state index in [2.05, 4.69) is 10.3 Å². The molecule has 0 saturated carbocycles. The molecule has 5 heteroatoms. The van der Waals surface area contributed by atoms with Crippen LogP contribution in [0.1, 0.15) is 34.6 Å². The van der Waals surface area contributed by atoms with Crippen molar-refractivity contribution in [1.82, 2.24) is 10.3 Å². The summed E-state index contributed by atoms with van der Waals surface area (Å²) in [7, 11) is 0. The zero-order valence-electron chi connectivity index (χ0n) is 12.2. The monoisotopic (exact) mass is 320 g/mol. The van der Waals surface area contributed by atoms with Crippen molar-refractivity contribution in [3.8, 4) is 0 Å². The van der Waals surface area contributed by atoms with E-state index in [1.54, 1.807) is 17.8 Å². The van der Waals surface area contributed by atoms with Crippen LogP contribution in [0.5, 0.6) is 0 Å². The van der Waals surface area contributed by atoms with E-state index in [1.165, 1.54) is 11.1 Å². The lowest BCUT2D eigenvalue weighted by molar-refractivity contribution is 0.0939. The molecule has 1 aromatic heterocycles. The van der Waals surface area contributed by atoms with Crippen LogP contribution in [-0.2, 0) is 0 Å². The maximum absolute atomic E-state index is 12.2. The van der Waals surface area contributed by atoms with Gasteiger partial charge in [0, 0.05) is 16.8 Å². The Bertz CT molecular complexity index is 643. The SMILES string of the molecule is CSc1ccc(C(C)NC(=O)c2cnc(C)cc2Cl)cc1. The molecule has 0 aliphatic carbocycles. The number of halogens is 1. The Balaban J connectivity index is 2.10. The number of amides is 1. The molecule has 0 saturated heterocycles. The van der Waals surface area contributed by atoms with E-state index in [-0.39, 0.29) is 11.9 Å². The minimum absolute atomic E-state index is 0.0919. The number of carbonyl (C=O) groups is 1. The molecule has 1 amide bonds. The van der Waals surface area contributed by atoms with Gasteiger partial charge in [-0.15, -0.1) is 11.8 Å². The molecular formula is C16H17ClN2OS. The van der Waals surface area contributed by atoms with Crippen LogP contribution in [-0.4, -0.2) is 17.1 Å². The molecule has 3 nitrogen and oxygen atoms in total. The Hall–Kier alpha value is -1.52. The topological polar surface area (TPSA) is 42.0 Å². The zero-order valence-corrected chi connectivity index (χ0v) is 13.8. The maximum Gasteiger partial charge on any atom is 0.254 e. The summed E-state index contributed by atoms with van der Waals surface area (Å²) in [5, 5.41) is 3.36. The second-order valence-electron chi connectivity index (χ2n) is 4.77. The maximum atomic E-state index is 12.2. The van der Waals surface area contributed by atoms with E-state index in [1.807, 2.05) is 44.4 Å². The van der Waals surface area contributed by atoms with Crippen molar-refractivity contribution in [2.24, 2.45) is 0 Å². The fourth-order valence-electron chi connectivity index (χ4n) is 1.94. The first-order valence-electron chi connectivity index (χ1n) is 6.58. The minimum atomic E-state index is -0.214. The highest BCUT2D eigenvalue weighted by molar-refractivity contribution is 7.98. The fourth-order valence-corrected chi connectivity index (χ4v) is 2.64. The largest absolute Gasteiger partial charge is 0.345 e. The van der Waals surface area contributed by atoms with Crippen molar-refractivity contribution >= 4 is 29.3 Å². The summed E-state index contributed by atoms with van der Waals surface area (Å²) < 4.78 is 0. The van der Waals surface area contributed by atoms with Crippen molar-refractivity contribution in [3.63, 3.8) is 0 Å². The molecule has 1 heterocycles. The molecule has 0 aliphatic rings. The molecule has 1 N–H and O–H groups in total. The highest BCUT2D eigenvalue weighted by Crippen LogP contribution is 2.20. The van der Waals surface area contributed by atoms with E-state index in [9.17, 15) is 4.79 Å². The zero-order chi connectivity index (χ0) is 15.4. The minimum Gasteiger partial charge on any atom is -0.345 e. The van der Waals surface area contributed by atoms with Crippen LogP contribution in [0.15, 0.2) is 41.4 Å². The first-order valence-corrected chi connectivity index (χ1v) is 8.18. The lowest BCUT2D eigenvalue weighted by Gasteiger charge is -2.15. The van der Waals surface area contributed by atoms with Gasteiger partial charge < -0.3 is 5.32 Å². The number of carbonyl (C=O) groups excluding carboxylic acids is 1. The average molecular weight is 321 g/mol. The number of benzene rings is 1. The van der Waals surface area contributed by atoms with Crippen LogP contribution < -0.4 is 5.32 Å². The van der Waals surface area contributed by atoms with Gasteiger partial charge in [-0.05, 0) is 43.9 Å². The fraction of sp³-hybridized carbons (Fsp3) is 0.250. The summed E-state index contributed by atoms with van der Waals surface area (Å²) in [6.07, 6.45) is 3.54. The molecule has 0 spiro atoms. The smallest absolute Gasteiger partial charge is 0.254 e. The number of aryl methyl sites for hydroxylation is 1. The van der Waals surface area contributed by atoms with Gasteiger partial charge in [-0.1, -0.05) is 23.7 Å². The van der Waals surface area contributed by atoms with Gasteiger partial charge in [0.2, 0.25) is 0 Å². The van der Waals surface area contributed by atoms with Gasteiger partial charge in [-0.2, -0.15) is 0 Å². The third-order valence-corrected chi connectivity index (χ3v) is 4.25. The number of aromatic nitrogens is 1. The third-order valence-electron chi connectivity index (χ3n) is 3.20. The molecule has 0 radical (unpaired) electrons. The molecule has 0 fully saturated rings. The average Bonchev–Trinajstić information content (AvgIpc) is 2.47. The number of nitrogens with zero attached hydrogens (tertiary/aromatic N) is 1. The van der Waals surface area contributed by atoms with E-state index in [0.29, 0.717) is 10.6 Å². The van der Waals surface area contributed by atoms with Crippen LogP contribution >= 0.6 is 23.4 Å². The van der Waals surface area contributed by atoms with Crippen molar-refractivity contribution in [3.05, 3.63) is 58.4 Å². The van der Waals surface area contributed by atoms with Gasteiger partial charge in [-0.25, -0.2) is 0 Å². The molecule has 1 unspecified atom stereocenters. The molecule has 1 atom stereocenters. The summed E-state index contributed by atoms with van der Waals surface area (Å²) in [6, 6.07) is 9.73. The number of pyridine rings is 1. The summed E-state index contributed by atoms with van der Waals surface area (Å²) in [5.41, 5.74) is 2.24. The predicted octanol–water partition coefficient (Wildman–Crippen LogP) is 4.26. The summed E-state index contributed by atoms with van der Waals surface area (Å²) in [6.45, 7) is 3.78. The standard InChI is InChI=1S/C16H17ClN2OS/c1-10-8-15(17)14(9-18-10)16(20)19-11(2)12-4-6-13(21-3)7-5-12/h4-9,11H,1-3H3,(H,19,20). The summed E-state index contributed by atoms with van der Waals surface area (Å²) in [5.74, 6) is -0.214. The number of nitrogens with one attached hydrogen (secondary N) is 1. The number of hydrogen-bond acceptors (Lipinski definition) is 3. The van der Waals surface area contributed by atoms with Crippen molar-refractivity contribution in [1.29, 1.82) is 0 Å². The molecule has 1 aromatic carbocycles. The van der Waals surface area contributed by atoms with Gasteiger partial charge in [0.05, 0.1) is 16.6 Å². The quantitative estimate of drug-likeness (QED) is 0.856. The molecule has 21 heavy (non-hydrogen) atoms. The molecule has 2 rings (SSSR count). The normalized spacial score (nSPS) is 12.0. The number of hydrogen-bond donors (Lipinski definition) is 1. The summed E-state index contributed by atoms with van der Waals surface area (Å²) >= 11 is 7.78. The predicted molar refractivity (Wildman–Crippen MR) is 88.1 cm³/mol. The van der Waals surface area contributed by atoms with Gasteiger partial charge in [-0.3, -0.25) is 9.78 Å². The van der Waals surface area contributed by atoms with Crippen molar-refractivity contribution in [2.45, 2.75) is 24.8 Å². The van der Waals surface area contributed by atoms with E-state index in [0.717, 1.165) is 11.3 Å². The molecule has 0 aliphatic heterocycles. The Kier molecular flexibility index (Phi) is 5.26. The lowest BCUT2D eigenvalue weighted by atomic mass is 10.1. The van der Waals surface area contributed by atoms with Crippen LogP contribution in [0.25, 0.3) is 0 Å². The Morgan fingerprint density at radius 3 is 2.57 bits per heavy atom. The second kappa shape index (κ2) is 6.96. The van der Waals surface area contributed by atoms with Gasteiger partial charge >= 0.3 is 0 Å². The second-order valence-corrected chi connectivity index (χ2v) is 6.06. The number of thioether (sulfide) groups is 1. The molecule has 110 valence electrons. The lowest BCUT2D eigenvalue weighted by Crippen LogP contribution is -2.27. The Morgan fingerprint density at radius 1 is 1.33 bits per heavy atom. The van der Waals surface area contributed by atoms with E-state index < -0.39 is 0 Å². The first-order chi connectivity index (χ1) is 10.0. The first kappa shape index (κ1) is 15.9. The van der Waals surface area contributed by atoms with E-state index in [4.69, 9.17) is 11.6 Å². The van der Waals surface area contributed by atoms with Crippen LogP contribution in [0.3, 0.4) is 0 Å². The summed E-state index contributed by atoms with van der Waals surface area (Å²) in [4.78, 5) is 17.6. The Labute approximate surface area is 134 Å². The third kappa shape index (κ3) is 3.99. The van der Waals surface area contributed by atoms with Gasteiger partial charge in [0.1, 0.15) is 0 Å². The van der Waals surface area contributed by atoms with Crippen molar-refractivity contribution < 1.29 is 4.79 Å². The van der Waals surface area contributed by atoms with Crippen LogP contribution in [0.2, 0.25) is 5.02 Å². The molecular weight excluding hydrogens is 304 g/mol. The van der Waals surface area contributed by atoms with Crippen LogP contribution in [0.4, 0.5) is 0 Å². The van der Waals surface area contributed by atoms with Crippen molar-refractivity contribution in [2.75, 3.05) is 6.26 Å². The van der Waals surface area contributed by atoms with Gasteiger partial charge in [0.25, 0.3) is 5.91 Å². The molecule has 2 aromatic rings.